The smallest absolute Gasteiger partial charge is 0.186 e. The van der Waals surface area contributed by atoms with Crippen LogP contribution in [0.15, 0.2) is 47.5 Å². The SMILES string of the molecule is CCCC=CC(=O)CCc1cc(OC2CCCC2)c(O)c2c1C#C[C@@H](c1cccc(O)c1)[C@H](N=C(N)N)CC[C@H](COC)C2. The Labute approximate surface area is 261 Å². The van der Waals surface area contributed by atoms with E-state index in [1.165, 1.54) is 0 Å². The Morgan fingerprint density at radius 1 is 1.14 bits per heavy atom. The number of carbonyl (C=O) groups is 1. The first-order valence-electron chi connectivity index (χ1n) is 15.9. The van der Waals surface area contributed by atoms with Crippen LogP contribution in [0.3, 0.4) is 0 Å². The van der Waals surface area contributed by atoms with E-state index in [0.29, 0.717) is 49.2 Å². The third-order valence-electron chi connectivity index (χ3n) is 8.49. The van der Waals surface area contributed by atoms with Gasteiger partial charge in [0.2, 0.25) is 0 Å². The Balaban J connectivity index is 1.87. The Morgan fingerprint density at radius 3 is 2.64 bits per heavy atom. The number of ketones is 1. The summed E-state index contributed by atoms with van der Waals surface area (Å²) in [5, 5.41) is 22.0. The highest BCUT2D eigenvalue weighted by molar-refractivity contribution is 5.89. The summed E-state index contributed by atoms with van der Waals surface area (Å²) in [6.45, 7) is 2.55. The fourth-order valence-corrected chi connectivity index (χ4v) is 6.25. The number of benzene rings is 2. The predicted molar refractivity (Wildman–Crippen MR) is 174 cm³/mol. The number of carbonyl (C=O) groups excluding carboxylic acids is 1. The molecule has 0 unspecified atom stereocenters. The first kappa shape index (κ1) is 32.9. The van der Waals surface area contributed by atoms with Gasteiger partial charge in [0.1, 0.15) is 5.75 Å². The summed E-state index contributed by atoms with van der Waals surface area (Å²) in [7, 11) is 1.67. The number of allylic oxidation sites excluding steroid dienone is 2. The van der Waals surface area contributed by atoms with Crippen LogP contribution < -0.4 is 16.2 Å². The molecule has 0 amide bonds. The lowest BCUT2D eigenvalue weighted by Crippen LogP contribution is -2.29. The van der Waals surface area contributed by atoms with Crippen LogP contribution >= 0.6 is 0 Å². The molecule has 0 aliphatic heterocycles. The average molecular weight is 602 g/mol. The molecular weight excluding hydrogens is 554 g/mol. The van der Waals surface area contributed by atoms with Gasteiger partial charge in [-0.1, -0.05) is 43.4 Å². The number of hydrogen-bond acceptors (Lipinski definition) is 6. The van der Waals surface area contributed by atoms with Crippen molar-refractivity contribution in [3.8, 4) is 29.1 Å². The number of fused-ring (bicyclic) bond motifs is 1. The van der Waals surface area contributed by atoms with E-state index in [4.69, 9.17) is 20.9 Å². The first-order valence-corrected chi connectivity index (χ1v) is 15.9. The van der Waals surface area contributed by atoms with Gasteiger partial charge in [0.05, 0.1) is 18.1 Å². The Hall–Kier alpha value is -3.96. The molecule has 2 aliphatic rings. The molecule has 8 heteroatoms. The van der Waals surface area contributed by atoms with E-state index in [9.17, 15) is 15.0 Å². The first-order chi connectivity index (χ1) is 21.3. The number of unbranched alkanes of at least 4 members (excludes halogenated alkanes) is 1. The number of rotatable bonds is 12. The fraction of sp³-hybridized carbons (Fsp3) is 0.500. The van der Waals surface area contributed by atoms with Crippen LogP contribution in [0.5, 0.6) is 17.2 Å². The van der Waals surface area contributed by atoms with Gasteiger partial charge in [-0.3, -0.25) is 4.79 Å². The zero-order valence-corrected chi connectivity index (χ0v) is 26.1. The molecule has 0 heterocycles. The molecule has 4 rings (SSSR count). The van der Waals surface area contributed by atoms with E-state index >= 15 is 0 Å². The number of hydrogen-bond donors (Lipinski definition) is 4. The molecule has 1 saturated carbocycles. The van der Waals surface area contributed by atoms with Crippen LogP contribution in [0, 0.1) is 17.8 Å². The lowest BCUT2D eigenvalue weighted by molar-refractivity contribution is -0.114. The molecule has 44 heavy (non-hydrogen) atoms. The van der Waals surface area contributed by atoms with Crippen molar-refractivity contribution in [2.75, 3.05) is 13.7 Å². The van der Waals surface area contributed by atoms with E-state index in [1.54, 1.807) is 31.4 Å². The summed E-state index contributed by atoms with van der Waals surface area (Å²) in [6.07, 6.45) is 12.2. The minimum atomic E-state index is -0.429. The minimum absolute atomic E-state index is 0.0237. The van der Waals surface area contributed by atoms with Crippen molar-refractivity contribution in [1.29, 1.82) is 0 Å². The van der Waals surface area contributed by atoms with E-state index in [-0.39, 0.29) is 41.3 Å². The van der Waals surface area contributed by atoms with Crippen molar-refractivity contribution in [2.45, 2.75) is 95.6 Å². The van der Waals surface area contributed by atoms with Crippen molar-refractivity contribution >= 4 is 11.7 Å². The van der Waals surface area contributed by atoms with Crippen LogP contribution in [0.4, 0.5) is 0 Å². The second-order valence-corrected chi connectivity index (χ2v) is 12.0. The van der Waals surface area contributed by atoms with Crippen molar-refractivity contribution in [2.24, 2.45) is 22.4 Å². The van der Waals surface area contributed by atoms with Crippen molar-refractivity contribution < 1.29 is 24.5 Å². The molecule has 0 bridgehead atoms. The van der Waals surface area contributed by atoms with Crippen molar-refractivity contribution in [1.82, 2.24) is 0 Å². The topological polar surface area (TPSA) is 140 Å². The van der Waals surface area contributed by atoms with Crippen LogP contribution in [-0.2, 0) is 22.4 Å². The third-order valence-corrected chi connectivity index (χ3v) is 8.49. The molecule has 1 fully saturated rings. The van der Waals surface area contributed by atoms with Gasteiger partial charge < -0.3 is 31.2 Å². The van der Waals surface area contributed by atoms with Crippen molar-refractivity contribution in [3.05, 3.63) is 64.7 Å². The van der Waals surface area contributed by atoms with Crippen LogP contribution in [-0.4, -0.2) is 47.8 Å². The normalized spacial score (nSPS) is 20.5. The molecular formula is C36H47N3O5. The molecule has 0 aromatic heterocycles. The highest BCUT2D eigenvalue weighted by atomic mass is 16.5. The molecule has 2 aliphatic carbocycles. The summed E-state index contributed by atoms with van der Waals surface area (Å²) in [4.78, 5) is 17.4. The number of phenolic OH excluding ortho intramolecular Hbond substituents is 2. The second kappa shape index (κ2) is 16.2. The highest BCUT2D eigenvalue weighted by Crippen LogP contribution is 2.41. The van der Waals surface area contributed by atoms with Crippen LogP contribution in [0.1, 0.15) is 92.9 Å². The van der Waals surface area contributed by atoms with E-state index in [1.807, 2.05) is 18.2 Å². The molecule has 8 nitrogen and oxygen atoms in total. The maximum Gasteiger partial charge on any atom is 0.186 e. The van der Waals surface area contributed by atoms with Crippen LogP contribution in [0.2, 0.25) is 0 Å². The summed E-state index contributed by atoms with van der Waals surface area (Å²) < 4.78 is 12.0. The molecule has 0 spiro atoms. The van der Waals surface area contributed by atoms with E-state index in [2.05, 4.69) is 23.8 Å². The summed E-state index contributed by atoms with van der Waals surface area (Å²) >= 11 is 0. The number of aliphatic imine (C=N–C) groups is 1. The number of phenols is 2. The molecule has 236 valence electrons. The van der Waals surface area contributed by atoms with Gasteiger partial charge in [-0.25, -0.2) is 4.99 Å². The van der Waals surface area contributed by atoms with Gasteiger partial charge in [-0.2, -0.15) is 0 Å². The second-order valence-electron chi connectivity index (χ2n) is 12.0. The monoisotopic (exact) mass is 601 g/mol. The molecule has 2 aromatic rings. The van der Waals surface area contributed by atoms with Crippen LogP contribution in [0.25, 0.3) is 0 Å². The third kappa shape index (κ3) is 9.03. The number of methoxy groups -OCH3 is 1. The van der Waals surface area contributed by atoms with Gasteiger partial charge >= 0.3 is 0 Å². The Bertz CT molecular complexity index is 1400. The Morgan fingerprint density at radius 2 is 1.93 bits per heavy atom. The number of aromatic hydroxyl groups is 2. The Kier molecular flexibility index (Phi) is 12.1. The summed E-state index contributed by atoms with van der Waals surface area (Å²) in [6, 6.07) is 8.50. The zero-order valence-electron chi connectivity index (χ0n) is 26.1. The number of aryl methyl sites for hydroxylation is 1. The lowest BCUT2D eigenvalue weighted by atomic mass is 9.82. The van der Waals surface area contributed by atoms with E-state index < -0.39 is 5.92 Å². The van der Waals surface area contributed by atoms with Gasteiger partial charge in [0.25, 0.3) is 0 Å². The average Bonchev–Trinajstić information content (AvgIpc) is 3.50. The maximum absolute atomic E-state index is 12.8. The van der Waals surface area contributed by atoms with Gasteiger partial charge in [-0.05, 0) is 99.1 Å². The number of nitrogens with two attached hydrogens (primary N) is 2. The zero-order chi connectivity index (χ0) is 31.5. The highest BCUT2D eigenvalue weighted by Gasteiger charge is 2.28. The maximum atomic E-state index is 12.8. The number of guanidine groups is 1. The number of ether oxygens (including phenoxy) is 2. The summed E-state index contributed by atoms with van der Waals surface area (Å²) in [5.74, 6) is 7.15. The van der Waals surface area contributed by atoms with Crippen molar-refractivity contribution in [3.63, 3.8) is 0 Å². The van der Waals surface area contributed by atoms with Gasteiger partial charge in [-0.15, -0.1) is 0 Å². The summed E-state index contributed by atoms with van der Waals surface area (Å²) in [5.41, 5.74) is 14.8. The lowest BCUT2D eigenvalue weighted by Gasteiger charge is -2.26. The molecule has 6 N–H and O–H groups in total. The largest absolute Gasteiger partial charge is 0.508 e. The molecule has 0 saturated heterocycles. The predicted octanol–water partition coefficient (Wildman–Crippen LogP) is 5.65. The quantitative estimate of drug-likeness (QED) is 0.107. The van der Waals surface area contributed by atoms with E-state index in [0.717, 1.165) is 56.1 Å². The number of nitrogens with zero attached hydrogens (tertiary/aromatic N) is 1. The van der Waals surface area contributed by atoms with Gasteiger partial charge in [0, 0.05) is 31.3 Å². The molecule has 0 radical (unpaired) electrons. The fourth-order valence-electron chi connectivity index (χ4n) is 6.25. The standard InChI is InChI=1S/C36H47N3O5/c1-3-4-5-10-27(40)16-15-26-22-34(44-29-12-6-7-13-29)35(42)32-20-24(23-43-2)14-19-33(39-36(37)38)31(18-17-30(26)32)25-9-8-11-28(41)21-25/h5,8-11,21-22,24,29,31,33,41-42H,3-4,6-7,12-16,19-20,23H2,1-2H3,(H4,37,38,39)/t24-,31-,33+/m0/s1. The molecule has 3 atom stereocenters. The minimum Gasteiger partial charge on any atom is -0.508 e. The molecule has 2 aromatic carbocycles. The van der Waals surface area contributed by atoms with Gasteiger partial charge in [0.15, 0.2) is 23.2 Å².